The minimum atomic E-state index is -1.02. The van der Waals surface area contributed by atoms with Gasteiger partial charge in [0.15, 0.2) is 0 Å². The molecular weight excluding hydrogens is 436 g/mol. The number of methoxy groups -OCH3 is 1. The second-order valence-electron chi connectivity index (χ2n) is 15.3. The summed E-state index contributed by atoms with van der Waals surface area (Å²) >= 11 is 0. The van der Waals surface area contributed by atoms with Crippen molar-refractivity contribution in [2.45, 2.75) is 130 Å². The molecule has 0 aromatic heterocycles. The van der Waals surface area contributed by atoms with Crippen molar-refractivity contribution in [2.75, 3.05) is 13.7 Å². The zero-order valence-corrected chi connectivity index (χ0v) is 23.7. The average Bonchev–Trinajstić information content (AvgIpc) is 3.38. The normalized spacial score (nSPS) is 52.6. The molecule has 0 unspecified atom stereocenters. The Hall–Kier alpha value is -0.160. The lowest BCUT2D eigenvalue weighted by Gasteiger charge is -2.63. The quantitative estimate of drug-likeness (QED) is 0.412. The number of ether oxygens (including phenoxy) is 1. The van der Waals surface area contributed by atoms with E-state index in [0.717, 1.165) is 18.8 Å². The van der Waals surface area contributed by atoms with Crippen LogP contribution in [0.5, 0.6) is 0 Å². The predicted octanol–water partition coefficient (Wildman–Crippen LogP) is 5.96. The van der Waals surface area contributed by atoms with Gasteiger partial charge in [-0.05, 0) is 130 Å². The molecule has 4 heteroatoms. The maximum atomic E-state index is 10.6. The van der Waals surface area contributed by atoms with Gasteiger partial charge in [-0.2, -0.15) is 0 Å². The fourth-order valence-corrected chi connectivity index (χ4v) is 11.7. The molecule has 0 bridgehead atoms. The molecule has 35 heavy (non-hydrogen) atoms. The lowest BCUT2D eigenvalue weighted by atomic mass is 9.41. The molecule has 5 aliphatic rings. The van der Waals surface area contributed by atoms with Gasteiger partial charge in [-0.3, -0.25) is 0 Å². The molecule has 0 saturated heterocycles. The summed E-state index contributed by atoms with van der Waals surface area (Å²) in [4.78, 5) is 0. The highest BCUT2D eigenvalue weighted by Gasteiger charge is 2.82. The van der Waals surface area contributed by atoms with E-state index >= 15 is 0 Å². The predicted molar refractivity (Wildman–Crippen MR) is 140 cm³/mol. The van der Waals surface area contributed by atoms with E-state index in [1.54, 1.807) is 13.8 Å². The minimum absolute atomic E-state index is 0.100. The van der Waals surface area contributed by atoms with Crippen molar-refractivity contribution >= 4 is 0 Å². The van der Waals surface area contributed by atoms with Gasteiger partial charge in [0, 0.05) is 12.5 Å². The molecular formula is C31H54O4. The first-order chi connectivity index (χ1) is 16.3. The fourth-order valence-electron chi connectivity index (χ4n) is 11.7. The maximum Gasteiger partial charge on any atom is 0.0849 e. The second-order valence-corrected chi connectivity index (χ2v) is 15.3. The topological polar surface area (TPSA) is 69.9 Å². The van der Waals surface area contributed by atoms with Crippen LogP contribution in [0.3, 0.4) is 0 Å². The van der Waals surface area contributed by atoms with Crippen molar-refractivity contribution in [3.8, 4) is 0 Å². The molecule has 5 rings (SSSR count). The molecule has 11 atom stereocenters. The van der Waals surface area contributed by atoms with Gasteiger partial charge in [0.05, 0.1) is 24.4 Å². The van der Waals surface area contributed by atoms with Gasteiger partial charge < -0.3 is 20.1 Å². The van der Waals surface area contributed by atoms with Crippen LogP contribution in [0.2, 0.25) is 0 Å². The standard InChI is InChI=1S/C31H54O4/c1-20(8-11-24(33)26(2,3)34)21-12-14-29(6)23-10-9-22-27(4,19-32)25(35-7)13-15-30(22)18-31(23,30)17-16-28(21,29)5/h20-25,32-34H,8-19H2,1-7H3/t20-,21-,22+,23+,24+,25-,27+,28-,29+,30-,31+/m1/s1. The van der Waals surface area contributed by atoms with Crippen LogP contribution in [0, 0.1) is 50.7 Å². The Morgan fingerprint density at radius 3 is 2.17 bits per heavy atom. The summed E-state index contributed by atoms with van der Waals surface area (Å²) in [6, 6.07) is 0. The molecule has 0 aromatic carbocycles. The lowest BCUT2D eigenvalue weighted by molar-refractivity contribution is -0.180. The van der Waals surface area contributed by atoms with Crippen LogP contribution in [-0.2, 0) is 4.74 Å². The fraction of sp³-hybridized carbons (Fsp3) is 1.00. The van der Waals surface area contributed by atoms with E-state index in [1.165, 1.54) is 51.4 Å². The third-order valence-corrected chi connectivity index (χ3v) is 13.9. The zero-order chi connectivity index (χ0) is 25.7. The van der Waals surface area contributed by atoms with E-state index in [-0.39, 0.29) is 18.1 Å². The van der Waals surface area contributed by atoms with Gasteiger partial charge in [-0.25, -0.2) is 0 Å². The number of rotatable bonds is 7. The number of aliphatic hydroxyl groups is 3. The van der Waals surface area contributed by atoms with Crippen molar-refractivity contribution in [3.63, 3.8) is 0 Å². The smallest absolute Gasteiger partial charge is 0.0849 e. The molecule has 0 radical (unpaired) electrons. The molecule has 2 spiro atoms. The summed E-state index contributed by atoms with van der Waals surface area (Å²) in [7, 11) is 1.85. The Morgan fingerprint density at radius 2 is 1.54 bits per heavy atom. The van der Waals surface area contributed by atoms with Gasteiger partial charge in [0.2, 0.25) is 0 Å². The molecule has 5 fully saturated rings. The molecule has 202 valence electrons. The highest BCUT2D eigenvalue weighted by atomic mass is 16.5. The van der Waals surface area contributed by atoms with Crippen molar-refractivity contribution in [3.05, 3.63) is 0 Å². The zero-order valence-electron chi connectivity index (χ0n) is 23.7. The summed E-state index contributed by atoms with van der Waals surface area (Å²) in [5, 5.41) is 31.2. The number of hydrogen-bond donors (Lipinski definition) is 3. The number of hydrogen-bond acceptors (Lipinski definition) is 4. The summed E-state index contributed by atoms with van der Waals surface area (Å²) in [6.45, 7) is 13.7. The SMILES string of the molecule is CO[C@@H]1CC[C@]23C[C@]24CC[C@]2(C)[C@@H]([C@H](C)CC[C@H](O)C(C)(C)O)CC[C@@]2(C)[C@@H]4CC[C@H]3[C@]1(C)CO. The number of aliphatic hydroxyl groups excluding tert-OH is 2. The molecule has 5 aliphatic carbocycles. The molecule has 0 heterocycles. The summed E-state index contributed by atoms with van der Waals surface area (Å²) in [6.07, 6.45) is 13.0. The van der Waals surface area contributed by atoms with Crippen LogP contribution in [-0.4, -0.2) is 46.8 Å². The average molecular weight is 491 g/mol. The van der Waals surface area contributed by atoms with Crippen molar-refractivity contribution in [1.82, 2.24) is 0 Å². The molecule has 4 nitrogen and oxygen atoms in total. The Balaban J connectivity index is 1.37. The van der Waals surface area contributed by atoms with E-state index in [2.05, 4.69) is 27.7 Å². The van der Waals surface area contributed by atoms with Crippen LogP contribution in [0.15, 0.2) is 0 Å². The van der Waals surface area contributed by atoms with Crippen LogP contribution in [0.25, 0.3) is 0 Å². The lowest BCUT2D eigenvalue weighted by Crippen LogP contribution is -2.59. The van der Waals surface area contributed by atoms with Gasteiger partial charge in [0.25, 0.3) is 0 Å². The largest absolute Gasteiger partial charge is 0.396 e. The summed E-state index contributed by atoms with van der Waals surface area (Å²) in [5.74, 6) is 2.69. The molecule has 0 aromatic rings. The molecule has 0 amide bonds. The van der Waals surface area contributed by atoms with Crippen molar-refractivity contribution in [2.24, 2.45) is 50.7 Å². The van der Waals surface area contributed by atoms with Gasteiger partial charge in [-0.1, -0.05) is 27.7 Å². The summed E-state index contributed by atoms with van der Waals surface area (Å²) in [5.41, 5.74) is 0.567. The van der Waals surface area contributed by atoms with Gasteiger partial charge in [0.1, 0.15) is 0 Å². The second kappa shape index (κ2) is 8.17. The number of fused-ring (bicyclic) bond motifs is 2. The minimum Gasteiger partial charge on any atom is -0.396 e. The van der Waals surface area contributed by atoms with E-state index in [4.69, 9.17) is 4.74 Å². The third-order valence-electron chi connectivity index (χ3n) is 13.9. The van der Waals surface area contributed by atoms with Crippen LogP contribution in [0.4, 0.5) is 0 Å². The molecule has 3 N–H and O–H groups in total. The maximum absolute atomic E-state index is 10.6. The molecule has 5 saturated carbocycles. The Morgan fingerprint density at radius 1 is 0.886 bits per heavy atom. The Kier molecular flexibility index (Phi) is 6.17. The monoisotopic (exact) mass is 490 g/mol. The van der Waals surface area contributed by atoms with Crippen molar-refractivity contribution in [1.29, 1.82) is 0 Å². The molecule has 0 aliphatic heterocycles. The summed E-state index contributed by atoms with van der Waals surface area (Å²) < 4.78 is 5.96. The van der Waals surface area contributed by atoms with E-state index < -0.39 is 11.7 Å². The first-order valence-electron chi connectivity index (χ1n) is 14.8. The van der Waals surface area contributed by atoms with Gasteiger partial charge >= 0.3 is 0 Å². The first-order valence-corrected chi connectivity index (χ1v) is 14.8. The van der Waals surface area contributed by atoms with Crippen LogP contribution >= 0.6 is 0 Å². The van der Waals surface area contributed by atoms with E-state index in [1.807, 2.05) is 7.11 Å². The van der Waals surface area contributed by atoms with Crippen molar-refractivity contribution < 1.29 is 20.1 Å². The Labute approximate surface area is 214 Å². The van der Waals surface area contributed by atoms with E-state index in [0.29, 0.717) is 45.8 Å². The highest BCUT2D eigenvalue weighted by Crippen LogP contribution is 2.89. The van der Waals surface area contributed by atoms with Crippen LogP contribution in [0.1, 0.15) is 112 Å². The Bertz CT molecular complexity index is 821. The van der Waals surface area contributed by atoms with Crippen LogP contribution < -0.4 is 0 Å². The third kappa shape index (κ3) is 3.31. The highest BCUT2D eigenvalue weighted by molar-refractivity contribution is 5.31. The van der Waals surface area contributed by atoms with E-state index in [9.17, 15) is 15.3 Å². The van der Waals surface area contributed by atoms with Gasteiger partial charge in [-0.15, -0.1) is 0 Å². The first kappa shape index (κ1) is 26.4.